The van der Waals surface area contributed by atoms with Crippen molar-refractivity contribution in [3.8, 4) is 0 Å². The monoisotopic (exact) mass is 274 g/mol. The van der Waals surface area contributed by atoms with Gasteiger partial charge in [-0.1, -0.05) is 31.2 Å². The smallest absolute Gasteiger partial charge is 0.223 e. The lowest BCUT2D eigenvalue weighted by molar-refractivity contribution is -0.132. The Bertz CT molecular complexity index is 458. The predicted molar refractivity (Wildman–Crippen MR) is 82.9 cm³/mol. The number of piperidine rings is 1. The molecule has 0 saturated carbocycles. The minimum absolute atomic E-state index is 0.290. The fourth-order valence-electron chi connectivity index (χ4n) is 3.08. The van der Waals surface area contributed by atoms with Crippen molar-refractivity contribution in [2.75, 3.05) is 20.1 Å². The molecule has 1 N–H and O–H groups in total. The molecule has 110 valence electrons. The van der Waals surface area contributed by atoms with Gasteiger partial charge in [0.2, 0.25) is 5.91 Å². The van der Waals surface area contributed by atoms with Crippen molar-refractivity contribution in [1.82, 2.24) is 10.2 Å². The fraction of sp³-hybridized carbons (Fsp3) is 0.588. The van der Waals surface area contributed by atoms with Crippen molar-refractivity contribution in [3.63, 3.8) is 0 Å². The summed E-state index contributed by atoms with van der Waals surface area (Å²) >= 11 is 0. The fourth-order valence-corrected chi connectivity index (χ4v) is 3.08. The Kier molecular flexibility index (Phi) is 5.18. The Hall–Kier alpha value is -1.35. The maximum Gasteiger partial charge on any atom is 0.223 e. The van der Waals surface area contributed by atoms with Crippen LogP contribution in [0.3, 0.4) is 0 Å². The van der Waals surface area contributed by atoms with E-state index in [-0.39, 0.29) is 0 Å². The Morgan fingerprint density at radius 3 is 2.90 bits per heavy atom. The van der Waals surface area contributed by atoms with E-state index in [4.69, 9.17) is 0 Å². The first-order valence-electron chi connectivity index (χ1n) is 7.62. The number of likely N-dealkylation sites (tertiary alicyclic amines) is 1. The molecular formula is C17H26N2O. The quantitative estimate of drug-likeness (QED) is 0.915. The lowest BCUT2D eigenvalue weighted by atomic mass is 9.93. The van der Waals surface area contributed by atoms with Crippen LogP contribution in [-0.4, -0.2) is 37.0 Å². The number of rotatable bonds is 4. The second-order valence-electron chi connectivity index (χ2n) is 5.93. The maximum atomic E-state index is 12.5. The van der Waals surface area contributed by atoms with Crippen molar-refractivity contribution in [2.24, 2.45) is 0 Å². The normalized spacial score (nSPS) is 20.8. The van der Waals surface area contributed by atoms with E-state index >= 15 is 0 Å². The Morgan fingerprint density at radius 2 is 2.20 bits per heavy atom. The van der Waals surface area contributed by atoms with Crippen LogP contribution in [0.4, 0.5) is 0 Å². The average Bonchev–Trinajstić information content (AvgIpc) is 2.47. The molecule has 2 atom stereocenters. The number of likely N-dealkylation sites (N-methyl/N-ethyl adjacent to an activating group) is 1. The molecule has 2 rings (SSSR count). The molecule has 0 aromatic heterocycles. The van der Waals surface area contributed by atoms with Gasteiger partial charge in [-0.2, -0.15) is 0 Å². The first-order valence-corrected chi connectivity index (χ1v) is 7.62. The van der Waals surface area contributed by atoms with Crippen molar-refractivity contribution in [3.05, 3.63) is 35.4 Å². The molecule has 1 heterocycles. The molecule has 1 aliphatic heterocycles. The van der Waals surface area contributed by atoms with Crippen LogP contribution in [-0.2, 0) is 4.79 Å². The molecule has 1 saturated heterocycles. The molecule has 0 aliphatic carbocycles. The highest BCUT2D eigenvalue weighted by atomic mass is 16.2. The number of nitrogens with one attached hydrogen (secondary N) is 1. The van der Waals surface area contributed by atoms with E-state index in [1.807, 2.05) is 11.9 Å². The largest absolute Gasteiger partial charge is 0.341 e. The van der Waals surface area contributed by atoms with Gasteiger partial charge in [-0.25, -0.2) is 0 Å². The summed E-state index contributed by atoms with van der Waals surface area (Å²) in [5, 5.41) is 3.29. The van der Waals surface area contributed by atoms with Gasteiger partial charge in [0.15, 0.2) is 0 Å². The van der Waals surface area contributed by atoms with Crippen LogP contribution < -0.4 is 5.32 Å². The first-order chi connectivity index (χ1) is 9.61. The third-order valence-electron chi connectivity index (χ3n) is 4.38. The van der Waals surface area contributed by atoms with Crippen LogP contribution in [0.2, 0.25) is 0 Å². The van der Waals surface area contributed by atoms with Crippen LogP contribution in [0.5, 0.6) is 0 Å². The molecule has 20 heavy (non-hydrogen) atoms. The minimum Gasteiger partial charge on any atom is -0.341 e. The highest BCUT2D eigenvalue weighted by Crippen LogP contribution is 2.24. The van der Waals surface area contributed by atoms with E-state index in [2.05, 4.69) is 43.4 Å². The van der Waals surface area contributed by atoms with Crippen molar-refractivity contribution in [2.45, 2.75) is 45.1 Å². The van der Waals surface area contributed by atoms with Gasteiger partial charge >= 0.3 is 0 Å². The van der Waals surface area contributed by atoms with Crippen LogP contribution in [0.15, 0.2) is 24.3 Å². The molecule has 1 aromatic carbocycles. The molecule has 1 aliphatic rings. The van der Waals surface area contributed by atoms with E-state index in [0.29, 0.717) is 24.3 Å². The zero-order chi connectivity index (χ0) is 14.5. The Balaban J connectivity index is 1.95. The van der Waals surface area contributed by atoms with Gasteiger partial charge in [0.25, 0.3) is 0 Å². The molecule has 0 spiro atoms. The highest BCUT2D eigenvalue weighted by molar-refractivity contribution is 5.77. The van der Waals surface area contributed by atoms with Crippen molar-refractivity contribution >= 4 is 5.91 Å². The molecule has 1 fully saturated rings. The number of nitrogens with zero attached hydrogens (tertiary/aromatic N) is 1. The minimum atomic E-state index is 0.290. The van der Waals surface area contributed by atoms with Crippen LogP contribution in [0.25, 0.3) is 0 Å². The number of hydrogen-bond donors (Lipinski definition) is 1. The van der Waals surface area contributed by atoms with Gasteiger partial charge in [0.1, 0.15) is 0 Å². The van der Waals surface area contributed by atoms with Crippen LogP contribution in [0.1, 0.15) is 43.2 Å². The molecule has 1 aromatic rings. The summed E-state index contributed by atoms with van der Waals surface area (Å²) in [6.45, 7) is 6.04. The third-order valence-corrected chi connectivity index (χ3v) is 4.38. The second kappa shape index (κ2) is 6.89. The average molecular weight is 274 g/mol. The van der Waals surface area contributed by atoms with Crippen LogP contribution in [0, 0.1) is 6.92 Å². The molecule has 2 unspecified atom stereocenters. The third kappa shape index (κ3) is 3.60. The van der Waals surface area contributed by atoms with Gasteiger partial charge in [-0.15, -0.1) is 0 Å². The lowest BCUT2D eigenvalue weighted by Gasteiger charge is -2.33. The number of benzene rings is 1. The number of carbonyl (C=O) groups excluding carboxylic acids is 1. The summed E-state index contributed by atoms with van der Waals surface area (Å²) in [5.74, 6) is 0.583. The zero-order valence-corrected chi connectivity index (χ0v) is 12.9. The van der Waals surface area contributed by atoms with E-state index in [1.54, 1.807) is 0 Å². The Morgan fingerprint density at radius 1 is 1.45 bits per heavy atom. The lowest BCUT2D eigenvalue weighted by Crippen LogP contribution is -2.47. The van der Waals surface area contributed by atoms with Gasteiger partial charge in [-0.3, -0.25) is 4.79 Å². The number of hydrogen-bond acceptors (Lipinski definition) is 2. The highest BCUT2D eigenvalue weighted by Gasteiger charge is 2.24. The van der Waals surface area contributed by atoms with Crippen molar-refractivity contribution < 1.29 is 4.79 Å². The van der Waals surface area contributed by atoms with Gasteiger partial charge < -0.3 is 10.2 Å². The summed E-state index contributed by atoms with van der Waals surface area (Å²) in [6.07, 6.45) is 2.89. The molecule has 0 radical (unpaired) electrons. The van der Waals surface area contributed by atoms with Gasteiger partial charge in [0.05, 0.1) is 0 Å². The standard InChI is InChI=1S/C17H26N2O/c1-13-7-4-5-9-16(13)14(2)11-17(20)19-10-6-8-15(12-19)18-3/h4-5,7,9,14-15,18H,6,8,10-12H2,1-3H3. The van der Waals surface area contributed by atoms with Crippen molar-refractivity contribution in [1.29, 1.82) is 0 Å². The summed E-state index contributed by atoms with van der Waals surface area (Å²) < 4.78 is 0. The maximum absolute atomic E-state index is 12.5. The van der Waals surface area contributed by atoms with E-state index in [9.17, 15) is 4.79 Å². The zero-order valence-electron chi connectivity index (χ0n) is 12.9. The summed E-state index contributed by atoms with van der Waals surface area (Å²) in [6, 6.07) is 8.83. The van der Waals surface area contributed by atoms with E-state index < -0.39 is 0 Å². The Labute approximate surface area is 122 Å². The van der Waals surface area contributed by atoms with E-state index in [1.165, 1.54) is 17.5 Å². The molecule has 3 heteroatoms. The molecule has 3 nitrogen and oxygen atoms in total. The number of amides is 1. The van der Waals surface area contributed by atoms with E-state index in [0.717, 1.165) is 19.5 Å². The summed E-state index contributed by atoms with van der Waals surface area (Å²) in [5.41, 5.74) is 2.57. The SMILES string of the molecule is CNC1CCCN(C(=O)CC(C)c2ccccc2C)C1. The summed E-state index contributed by atoms with van der Waals surface area (Å²) in [4.78, 5) is 14.5. The first kappa shape index (κ1) is 15.0. The number of aryl methyl sites for hydroxylation is 1. The van der Waals surface area contributed by atoms with Gasteiger partial charge in [-0.05, 0) is 43.9 Å². The van der Waals surface area contributed by atoms with Gasteiger partial charge in [0, 0.05) is 25.6 Å². The van der Waals surface area contributed by atoms with Crippen LogP contribution >= 0.6 is 0 Å². The summed E-state index contributed by atoms with van der Waals surface area (Å²) in [7, 11) is 1.98. The predicted octanol–water partition coefficient (Wildman–Crippen LogP) is 2.70. The number of carbonyl (C=O) groups is 1. The topological polar surface area (TPSA) is 32.3 Å². The molecule has 0 bridgehead atoms. The second-order valence-corrected chi connectivity index (χ2v) is 5.93. The molecular weight excluding hydrogens is 248 g/mol. The molecule has 1 amide bonds.